The molecule has 0 fully saturated rings. The summed E-state index contributed by atoms with van der Waals surface area (Å²) in [6.07, 6.45) is 4.38. The van der Waals surface area contributed by atoms with Gasteiger partial charge in [0.25, 0.3) is 0 Å². The van der Waals surface area contributed by atoms with Gasteiger partial charge in [-0.2, -0.15) is 4.98 Å². The zero-order chi connectivity index (χ0) is 25.5. The molecule has 9 nitrogen and oxygen atoms in total. The fraction of sp³-hybridized carbons (Fsp3) is 0.385. The van der Waals surface area contributed by atoms with Crippen LogP contribution in [-0.4, -0.2) is 60.4 Å². The molecule has 1 aromatic carbocycles. The number of hydrogen-bond donors (Lipinski definition) is 2. The number of anilines is 2. The highest BCUT2D eigenvalue weighted by atomic mass is 16.5. The Labute approximate surface area is 206 Å². The Hall–Kier alpha value is -3.88. The molecule has 9 heteroatoms. The Morgan fingerprint density at radius 1 is 1.03 bits per heavy atom. The number of carboxylic acid groups (broad SMARTS) is 1. The Bertz CT molecular complexity index is 1130. The number of aromatic nitrogens is 3. The van der Waals surface area contributed by atoms with Crippen LogP contribution in [0, 0.1) is 5.92 Å². The van der Waals surface area contributed by atoms with Crippen LogP contribution >= 0.6 is 0 Å². The first-order chi connectivity index (χ1) is 16.7. The number of benzene rings is 1. The number of hydrogen-bond acceptors (Lipinski definition) is 8. The largest absolute Gasteiger partial charge is 0.496 e. The summed E-state index contributed by atoms with van der Waals surface area (Å²) in [5.74, 6) is 1.76. The Morgan fingerprint density at radius 3 is 2.23 bits per heavy atom. The molecular weight excluding hydrogens is 446 g/mol. The maximum Gasteiger partial charge on any atom is 0.326 e. The van der Waals surface area contributed by atoms with Gasteiger partial charge in [-0.05, 0) is 30.5 Å². The standard InChI is InChI=1S/C26H33N5O4/c1-16(2)12-18-15-28-26(31(3)4)30-24(18)29-20(25(32)33)13-19-11-10-17(14-27-19)23-21(34-5)8-7-9-22(23)35-6/h7-11,14-16,20H,12-13H2,1-6H3,(H,32,33)(H,28,29,30). The van der Waals surface area contributed by atoms with Crippen LogP contribution in [0.2, 0.25) is 0 Å². The smallest absolute Gasteiger partial charge is 0.326 e. The summed E-state index contributed by atoms with van der Waals surface area (Å²) in [6.45, 7) is 4.20. The molecule has 0 saturated heterocycles. The monoisotopic (exact) mass is 479 g/mol. The molecule has 0 amide bonds. The van der Waals surface area contributed by atoms with E-state index in [1.165, 1.54) is 0 Å². The molecular formula is C26H33N5O4. The SMILES string of the molecule is COc1cccc(OC)c1-c1ccc(CC(Nc2nc(N(C)C)ncc2CC(C)C)C(=O)O)nc1. The van der Waals surface area contributed by atoms with Crippen molar-refractivity contribution < 1.29 is 19.4 Å². The number of carbonyl (C=O) groups is 1. The molecule has 0 aliphatic carbocycles. The minimum absolute atomic E-state index is 0.182. The van der Waals surface area contributed by atoms with E-state index in [4.69, 9.17) is 9.47 Å². The maximum atomic E-state index is 12.1. The van der Waals surface area contributed by atoms with Crippen LogP contribution in [0.4, 0.5) is 11.8 Å². The molecule has 2 heterocycles. The molecule has 3 aromatic rings. The highest BCUT2D eigenvalue weighted by Gasteiger charge is 2.22. The number of nitrogens with one attached hydrogen (secondary N) is 1. The third-order valence-electron chi connectivity index (χ3n) is 5.44. The van der Waals surface area contributed by atoms with Crippen molar-refractivity contribution in [3.63, 3.8) is 0 Å². The molecule has 0 spiro atoms. The minimum Gasteiger partial charge on any atom is -0.496 e. The molecule has 1 atom stereocenters. The molecule has 0 aliphatic heterocycles. The quantitative estimate of drug-likeness (QED) is 0.423. The van der Waals surface area contributed by atoms with Crippen molar-refractivity contribution in [2.24, 2.45) is 5.92 Å². The van der Waals surface area contributed by atoms with E-state index in [-0.39, 0.29) is 6.42 Å². The van der Waals surface area contributed by atoms with Crippen LogP contribution in [0.15, 0.2) is 42.7 Å². The van der Waals surface area contributed by atoms with Crippen molar-refractivity contribution in [2.45, 2.75) is 32.7 Å². The Kier molecular flexibility index (Phi) is 8.46. The average Bonchev–Trinajstić information content (AvgIpc) is 2.84. The van der Waals surface area contributed by atoms with E-state index in [0.29, 0.717) is 34.9 Å². The molecule has 2 N–H and O–H groups in total. The first-order valence-electron chi connectivity index (χ1n) is 11.4. The molecule has 0 bridgehead atoms. The summed E-state index contributed by atoms with van der Waals surface area (Å²) in [7, 11) is 6.90. The first kappa shape index (κ1) is 25.7. The minimum atomic E-state index is -0.984. The van der Waals surface area contributed by atoms with Gasteiger partial charge in [0.2, 0.25) is 5.95 Å². The molecule has 35 heavy (non-hydrogen) atoms. The normalized spacial score (nSPS) is 11.7. The van der Waals surface area contributed by atoms with Crippen LogP contribution in [-0.2, 0) is 17.6 Å². The zero-order valence-electron chi connectivity index (χ0n) is 21.1. The van der Waals surface area contributed by atoms with Gasteiger partial charge in [-0.3, -0.25) is 4.98 Å². The van der Waals surface area contributed by atoms with Crippen LogP contribution in [0.3, 0.4) is 0 Å². The van der Waals surface area contributed by atoms with Crippen molar-refractivity contribution >= 4 is 17.7 Å². The molecule has 3 rings (SSSR count). The van der Waals surface area contributed by atoms with Gasteiger partial charge < -0.3 is 24.8 Å². The molecule has 0 saturated carbocycles. The van der Waals surface area contributed by atoms with Crippen molar-refractivity contribution in [3.05, 3.63) is 54.0 Å². The molecule has 0 aliphatic rings. The van der Waals surface area contributed by atoms with Gasteiger partial charge in [0, 0.05) is 49.7 Å². The van der Waals surface area contributed by atoms with E-state index in [1.54, 1.807) is 31.5 Å². The van der Waals surface area contributed by atoms with Crippen molar-refractivity contribution in [1.29, 1.82) is 0 Å². The lowest BCUT2D eigenvalue weighted by molar-refractivity contribution is -0.137. The highest BCUT2D eigenvalue weighted by molar-refractivity contribution is 5.78. The maximum absolute atomic E-state index is 12.1. The number of aliphatic carboxylic acids is 1. The fourth-order valence-electron chi connectivity index (χ4n) is 3.73. The number of rotatable bonds is 11. The number of carboxylic acids is 1. The number of nitrogens with zero attached hydrogens (tertiary/aromatic N) is 4. The summed E-state index contributed by atoms with van der Waals surface area (Å²) in [6, 6.07) is 8.36. The van der Waals surface area contributed by atoms with E-state index >= 15 is 0 Å². The van der Waals surface area contributed by atoms with Crippen LogP contribution in [0.5, 0.6) is 11.5 Å². The lowest BCUT2D eigenvalue weighted by atomic mass is 10.0. The van der Waals surface area contributed by atoms with Gasteiger partial charge in [-0.25, -0.2) is 9.78 Å². The van der Waals surface area contributed by atoms with Gasteiger partial charge in [-0.15, -0.1) is 0 Å². The second kappa shape index (κ2) is 11.5. The van der Waals surface area contributed by atoms with E-state index in [1.807, 2.05) is 44.4 Å². The van der Waals surface area contributed by atoms with Crippen molar-refractivity contribution in [2.75, 3.05) is 38.5 Å². The number of pyridine rings is 1. The number of ether oxygens (including phenoxy) is 2. The lowest BCUT2D eigenvalue weighted by Gasteiger charge is -2.20. The Morgan fingerprint density at radius 2 is 1.71 bits per heavy atom. The molecule has 0 radical (unpaired) electrons. The third-order valence-corrected chi connectivity index (χ3v) is 5.44. The van der Waals surface area contributed by atoms with Crippen LogP contribution in [0.25, 0.3) is 11.1 Å². The highest BCUT2D eigenvalue weighted by Crippen LogP contribution is 2.37. The summed E-state index contributed by atoms with van der Waals surface area (Å²) in [5.41, 5.74) is 3.12. The summed E-state index contributed by atoms with van der Waals surface area (Å²) < 4.78 is 11.0. The van der Waals surface area contributed by atoms with E-state index in [2.05, 4.69) is 34.1 Å². The zero-order valence-corrected chi connectivity index (χ0v) is 21.1. The van der Waals surface area contributed by atoms with Crippen LogP contribution in [0.1, 0.15) is 25.1 Å². The van der Waals surface area contributed by atoms with E-state index < -0.39 is 12.0 Å². The van der Waals surface area contributed by atoms with Gasteiger partial charge in [0.15, 0.2) is 0 Å². The Balaban J connectivity index is 1.87. The van der Waals surface area contributed by atoms with Gasteiger partial charge in [0.05, 0.1) is 19.8 Å². The fourth-order valence-corrected chi connectivity index (χ4v) is 3.73. The van der Waals surface area contributed by atoms with E-state index in [0.717, 1.165) is 23.1 Å². The second-order valence-corrected chi connectivity index (χ2v) is 8.85. The topological polar surface area (TPSA) is 110 Å². The summed E-state index contributed by atoms with van der Waals surface area (Å²) in [5, 5.41) is 13.1. The van der Waals surface area contributed by atoms with Gasteiger partial charge in [-0.1, -0.05) is 26.0 Å². The molecule has 186 valence electrons. The van der Waals surface area contributed by atoms with Crippen molar-refractivity contribution in [1.82, 2.24) is 15.0 Å². The van der Waals surface area contributed by atoms with Gasteiger partial charge >= 0.3 is 5.97 Å². The van der Waals surface area contributed by atoms with Crippen molar-refractivity contribution in [3.8, 4) is 22.6 Å². The predicted octanol–water partition coefficient (Wildman–Crippen LogP) is 3.93. The third kappa shape index (κ3) is 6.38. The lowest BCUT2D eigenvalue weighted by Crippen LogP contribution is -2.33. The summed E-state index contributed by atoms with van der Waals surface area (Å²) in [4.78, 5) is 27.4. The average molecular weight is 480 g/mol. The predicted molar refractivity (Wildman–Crippen MR) is 136 cm³/mol. The van der Waals surface area contributed by atoms with E-state index in [9.17, 15) is 9.90 Å². The van der Waals surface area contributed by atoms with Crippen LogP contribution < -0.4 is 19.7 Å². The second-order valence-electron chi connectivity index (χ2n) is 8.85. The number of methoxy groups -OCH3 is 2. The van der Waals surface area contributed by atoms with Gasteiger partial charge in [0.1, 0.15) is 23.4 Å². The summed E-state index contributed by atoms with van der Waals surface area (Å²) >= 11 is 0. The molecule has 2 aromatic heterocycles. The molecule has 1 unspecified atom stereocenters. The first-order valence-corrected chi connectivity index (χ1v) is 11.4.